The predicted octanol–water partition coefficient (Wildman–Crippen LogP) is 2.63. The first-order chi connectivity index (χ1) is 7.66. The molecule has 1 aromatic heterocycles. The van der Waals surface area contributed by atoms with Crippen LogP contribution >= 0.6 is 34.9 Å². The third-order valence-electron chi connectivity index (χ3n) is 1.78. The maximum atomic E-state index is 7.29. The second-order valence-electron chi connectivity index (χ2n) is 2.87. The van der Waals surface area contributed by atoms with Gasteiger partial charge in [0.25, 0.3) is 0 Å². The number of rotatable bonds is 3. The lowest BCUT2D eigenvalue weighted by atomic mass is 10.2. The number of amidine groups is 1. The van der Waals surface area contributed by atoms with Crippen molar-refractivity contribution in [2.75, 3.05) is 0 Å². The summed E-state index contributed by atoms with van der Waals surface area (Å²) in [5.41, 5.74) is 5.98. The smallest absolute Gasteiger partial charge is 0.174 e. The Morgan fingerprint density at radius 2 is 2.31 bits per heavy atom. The number of halogens is 1. The van der Waals surface area contributed by atoms with Gasteiger partial charge in [-0.15, -0.1) is 0 Å². The lowest BCUT2D eigenvalue weighted by Crippen LogP contribution is -2.10. The highest BCUT2D eigenvalue weighted by molar-refractivity contribution is 8.01. The molecule has 82 valence electrons. The van der Waals surface area contributed by atoms with Crippen molar-refractivity contribution < 1.29 is 0 Å². The van der Waals surface area contributed by atoms with E-state index in [1.807, 2.05) is 6.07 Å². The van der Waals surface area contributed by atoms with Gasteiger partial charge in [0.1, 0.15) is 12.2 Å². The number of nitrogens with two attached hydrogens (primary N) is 1. The molecule has 4 nitrogen and oxygen atoms in total. The highest BCUT2D eigenvalue weighted by Gasteiger charge is 2.07. The lowest BCUT2D eigenvalue weighted by molar-refractivity contribution is 1.21. The molecule has 3 N–H and O–H groups in total. The number of benzene rings is 1. The molecule has 0 fully saturated rings. The maximum Gasteiger partial charge on any atom is 0.174 e. The number of nitrogens with zero attached hydrogens (tertiary/aromatic N) is 2. The zero-order valence-electron chi connectivity index (χ0n) is 7.98. The molecule has 0 aliphatic rings. The molecule has 0 saturated heterocycles. The molecule has 0 saturated carbocycles. The number of hydrogen-bond donors (Lipinski definition) is 2. The number of aromatic nitrogens is 2. The van der Waals surface area contributed by atoms with Crippen molar-refractivity contribution in [1.29, 1.82) is 5.41 Å². The standard InChI is InChI=1S/C9H7ClN4S2/c10-6-3-5(8(11)12)1-2-7(6)15-9-13-4-14-16-9/h1-4H,(H3,11,12). The average Bonchev–Trinajstić information content (AvgIpc) is 2.73. The van der Waals surface area contributed by atoms with Gasteiger partial charge in [-0.25, -0.2) is 4.98 Å². The zero-order valence-corrected chi connectivity index (χ0v) is 10.4. The van der Waals surface area contributed by atoms with Crippen LogP contribution < -0.4 is 5.73 Å². The molecule has 0 atom stereocenters. The molecule has 0 radical (unpaired) electrons. The van der Waals surface area contributed by atoms with Crippen molar-refractivity contribution in [3.05, 3.63) is 35.1 Å². The Bertz CT molecular complexity index is 512. The Balaban J connectivity index is 2.26. The molecule has 0 spiro atoms. The molecule has 0 amide bonds. The van der Waals surface area contributed by atoms with E-state index in [-0.39, 0.29) is 5.84 Å². The first-order valence-corrected chi connectivity index (χ1v) is 6.22. The summed E-state index contributed by atoms with van der Waals surface area (Å²) in [6.45, 7) is 0. The largest absolute Gasteiger partial charge is 0.384 e. The van der Waals surface area contributed by atoms with Gasteiger partial charge in [0, 0.05) is 10.5 Å². The van der Waals surface area contributed by atoms with Crippen LogP contribution in [-0.4, -0.2) is 15.2 Å². The van der Waals surface area contributed by atoms with Crippen molar-refractivity contribution in [2.45, 2.75) is 9.24 Å². The van der Waals surface area contributed by atoms with Gasteiger partial charge < -0.3 is 5.73 Å². The quantitative estimate of drug-likeness (QED) is 0.664. The fourth-order valence-electron chi connectivity index (χ4n) is 1.05. The second kappa shape index (κ2) is 4.82. The summed E-state index contributed by atoms with van der Waals surface area (Å²) in [5, 5.41) is 7.85. The van der Waals surface area contributed by atoms with Crippen LogP contribution in [0.4, 0.5) is 0 Å². The SMILES string of the molecule is N=C(N)c1ccc(Sc2ncns2)c(Cl)c1. The minimum Gasteiger partial charge on any atom is -0.384 e. The first-order valence-electron chi connectivity index (χ1n) is 4.25. The highest BCUT2D eigenvalue weighted by Crippen LogP contribution is 2.33. The molecular formula is C9H7ClN4S2. The Hall–Kier alpha value is -1.11. The van der Waals surface area contributed by atoms with Crippen LogP contribution in [-0.2, 0) is 0 Å². The van der Waals surface area contributed by atoms with E-state index in [1.165, 1.54) is 29.6 Å². The summed E-state index contributed by atoms with van der Waals surface area (Å²) in [5.74, 6) is 0.00867. The lowest BCUT2D eigenvalue weighted by Gasteiger charge is -2.03. The average molecular weight is 271 g/mol. The second-order valence-corrected chi connectivity index (χ2v) is 5.34. The molecule has 0 aliphatic heterocycles. The van der Waals surface area contributed by atoms with Crippen LogP contribution in [0.25, 0.3) is 0 Å². The van der Waals surface area contributed by atoms with E-state index < -0.39 is 0 Å². The van der Waals surface area contributed by atoms with E-state index in [4.69, 9.17) is 22.7 Å². The summed E-state index contributed by atoms with van der Waals surface area (Å²) in [6, 6.07) is 5.26. The van der Waals surface area contributed by atoms with Crippen LogP contribution in [0.3, 0.4) is 0 Å². The first kappa shape index (κ1) is 11.4. The Morgan fingerprint density at radius 3 is 2.88 bits per heavy atom. The Morgan fingerprint density at radius 1 is 1.50 bits per heavy atom. The minimum absolute atomic E-state index is 0.00867. The van der Waals surface area contributed by atoms with Crippen molar-refractivity contribution in [2.24, 2.45) is 5.73 Å². The molecular weight excluding hydrogens is 264 g/mol. The predicted molar refractivity (Wildman–Crippen MR) is 66.5 cm³/mol. The van der Waals surface area contributed by atoms with E-state index in [1.54, 1.807) is 12.1 Å². The van der Waals surface area contributed by atoms with Gasteiger partial charge in [0.15, 0.2) is 4.34 Å². The number of nitrogen functional groups attached to an aromatic ring is 1. The normalized spacial score (nSPS) is 10.3. The highest BCUT2D eigenvalue weighted by atomic mass is 35.5. The summed E-state index contributed by atoms with van der Waals surface area (Å²) in [4.78, 5) is 4.93. The molecule has 1 heterocycles. The van der Waals surface area contributed by atoms with Crippen molar-refractivity contribution >= 4 is 40.7 Å². The molecule has 16 heavy (non-hydrogen) atoms. The van der Waals surface area contributed by atoms with Crippen LogP contribution in [0.1, 0.15) is 5.56 Å². The van der Waals surface area contributed by atoms with Crippen LogP contribution in [0.15, 0.2) is 33.8 Å². The van der Waals surface area contributed by atoms with E-state index in [0.29, 0.717) is 10.6 Å². The van der Waals surface area contributed by atoms with Crippen LogP contribution in [0.5, 0.6) is 0 Å². The molecule has 0 aliphatic carbocycles. The minimum atomic E-state index is 0.00867. The van der Waals surface area contributed by atoms with Gasteiger partial charge in [-0.05, 0) is 23.7 Å². The third-order valence-corrected chi connectivity index (χ3v) is 4.00. The molecule has 0 bridgehead atoms. The summed E-state index contributed by atoms with van der Waals surface area (Å²) < 4.78 is 4.74. The van der Waals surface area contributed by atoms with Gasteiger partial charge in [-0.2, -0.15) is 4.37 Å². The maximum absolute atomic E-state index is 7.29. The van der Waals surface area contributed by atoms with Gasteiger partial charge in [-0.3, -0.25) is 5.41 Å². The summed E-state index contributed by atoms with van der Waals surface area (Å²) >= 11 is 8.83. The van der Waals surface area contributed by atoms with Crippen molar-refractivity contribution in [3.63, 3.8) is 0 Å². The fourth-order valence-corrected chi connectivity index (χ4v) is 2.76. The molecule has 2 aromatic rings. The molecule has 2 rings (SSSR count). The molecule has 7 heteroatoms. The molecule has 1 aromatic carbocycles. The fraction of sp³-hybridized carbons (Fsp3) is 0. The monoisotopic (exact) mass is 270 g/mol. The Labute approximate surface area is 106 Å². The van der Waals surface area contributed by atoms with Crippen molar-refractivity contribution in [1.82, 2.24) is 9.36 Å². The van der Waals surface area contributed by atoms with E-state index in [2.05, 4.69) is 9.36 Å². The zero-order chi connectivity index (χ0) is 11.5. The van der Waals surface area contributed by atoms with Gasteiger partial charge >= 0.3 is 0 Å². The summed E-state index contributed by atoms with van der Waals surface area (Å²) in [6.07, 6.45) is 1.50. The Kier molecular flexibility index (Phi) is 3.42. The van der Waals surface area contributed by atoms with Crippen LogP contribution in [0.2, 0.25) is 5.02 Å². The van der Waals surface area contributed by atoms with Gasteiger partial charge in [-0.1, -0.05) is 29.4 Å². The van der Waals surface area contributed by atoms with E-state index >= 15 is 0 Å². The number of hydrogen-bond acceptors (Lipinski definition) is 5. The van der Waals surface area contributed by atoms with E-state index in [9.17, 15) is 0 Å². The van der Waals surface area contributed by atoms with Gasteiger partial charge in [0.2, 0.25) is 0 Å². The summed E-state index contributed by atoms with van der Waals surface area (Å²) in [7, 11) is 0. The number of nitrogens with one attached hydrogen (secondary N) is 1. The van der Waals surface area contributed by atoms with Crippen molar-refractivity contribution in [3.8, 4) is 0 Å². The van der Waals surface area contributed by atoms with Gasteiger partial charge in [0.05, 0.1) is 5.02 Å². The van der Waals surface area contributed by atoms with E-state index in [0.717, 1.165) is 9.24 Å². The molecule has 0 unspecified atom stereocenters. The third kappa shape index (κ3) is 2.52. The topological polar surface area (TPSA) is 75.7 Å². The van der Waals surface area contributed by atoms with Crippen LogP contribution in [0, 0.1) is 5.41 Å².